The first kappa shape index (κ1) is 18.0. The summed E-state index contributed by atoms with van der Waals surface area (Å²) in [4.78, 5) is 21.7. The van der Waals surface area contributed by atoms with Crippen molar-refractivity contribution < 1.29 is 9.13 Å². The van der Waals surface area contributed by atoms with Crippen LogP contribution in [-0.4, -0.2) is 16.1 Å². The van der Waals surface area contributed by atoms with Crippen LogP contribution in [0.4, 0.5) is 10.1 Å². The van der Waals surface area contributed by atoms with Crippen molar-refractivity contribution in [3.05, 3.63) is 50.6 Å². The molecule has 0 amide bonds. The first-order chi connectivity index (χ1) is 12.9. The Hall–Kier alpha value is -2.41. The molecule has 1 saturated carbocycles. The first-order valence-corrected chi connectivity index (χ1v) is 9.96. The highest BCUT2D eigenvalue weighted by atomic mass is 32.1. The topological polar surface area (TPSA) is 67.0 Å². The minimum atomic E-state index is -0.388. The number of fused-ring (bicyclic) bond motifs is 1. The molecule has 2 N–H and O–H groups in total. The molecule has 0 aliphatic heterocycles. The van der Waals surface area contributed by atoms with Gasteiger partial charge in [-0.3, -0.25) is 4.79 Å². The van der Waals surface area contributed by atoms with E-state index < -0.39 is 0 Å². The lowest BCUT2D eigenvalue weighted by molar-refractivity contribution is 0.115. The predicted octanol–water partition coefficient (Wildman–Crippen LogP) is 4.84. The van der Waals surface area contributed by atoms with Crippen LogP contribution < -0.4 is 15.6 Å². The van der Waals surface area contributed by atoms with Gasteiger partial charge in [-0.15, -0.1) is 11.3 Å². The quantitative estimate of drug-likeness (QED) is 0.657. The molecule has 0 unspecified atom stereocenters. The van der Waals surface area contributed by atoms with Gasteiger partial charge in [0.15, 0.2) is 11.6 Å². The summed E-state index contributed by atoms with van der Waals surface area (Å²) in [6, 6.07) is 4.57. The fourth-order valence-corrected chi connectivity index (χ4v) is 4.19. The van der Waals surface area contributed by atoms with E-state index in [1.807, 2.05) is 20.8 Å². The molecule has 142 valence electrons. The highest BCUT2D eigenvalue weighted by Crippen LogP contribution is 2.30. The van der Waals surface area contributed by atoms with Crippen LogP contribution in [0.5, 0.6) is 5.75 Å². The molecule has 3 aromatic rings. The number of hydrogen-bond acceptors (Lipinski definition) is 5. The number of aromatic amines is 1. The van der Waals surface area contributed by atoms with Crippen LogP contribution in [-0.2, 0) is 0 Å². The maximum absolute atomic E-state index is 14.3. The Balaban J connectivity index is 1.55. The zero-order valence-electron chi connectivity index (χ0n) is 15.6. The van der Waals surface area contributed by atoms with E-state index in [0.29, 0.717) is 16.9 Å². The SMILES string of the molecule is Cc1sc2nc([C@H](C)Nc3ccc(OC4CCC4)c(F)c3)[nH]c(=O)c2c1C. The van der Waals surface area contributed by atoms with Crippen molar-refractivity contribution in [2.45, 2.75) is 52.2 Å². The Morgan fingerprint density at radius 3 is 2.81 bits per heavy atom. The van der Waals surface area contributed by atoms with E-state index in [4.69, 9.17) is 4.74 Å². The third-order valence-corrected chi connectivity index (χ3v) is 6.23. The van der Waals surface area contributed by atoms with Crippen molar-refractivity contribution in [3.8, 4) is 5.75 Å². The predicted molar refractivity (Wildman–Crippen MR) is 106 cm³/mol. The minimum Gasteiger partial charge on any atom is -0.487 e. The summed E-state index contributed by atoms with van der Waals surface area (Å²) in [6.45, 7) is 5.80. The summed E-state index contributed by atoms with van der Waals surface area (Å²) in [5.41, 5.74) is 1.45. The van der Waals surface area contributed by atoms with E-state index in [-0.39, 0.29) is 29.3 Å². The molecule has 1 aromatic carbocycles. The van der Waals surface area contributed by atoms with Crippen LogP contribution in [0.3, 0.4) is 0 Å². The van der Waals surface area contributed by atoms with E-state index in [0.717, 1.165) is 34.5 Å². The Morgan fingerprint density at radius 1 is 1.37 bits per heavy atom. The molecule has 4 rings (SSSR count). The van der Waals surface area contributed by atoms with E-state index >= 15 is 0 Å². The van der Waals surface area contributed by atoms with E-state index in [1.54, 1.807) is 12.1 Å². The maximum Gasteiger partial charge on any atom is 0.259 e. The first-order valence-electron chi connectivity index (χ1n) is 9.15. The molecule has 0 bridgehead atoms. The second-order valence-corrected chi connectivity index (χ2v) is 8.30. The van der Waals surface area contributed by atoms with Crippen LogP contribution in [0.1, 0.15) is 48.5 Å². The molecule has 2 heterocycles. The number of aryl methyl sites for hydroxylation is 2. The molecule has 0 spiro atoms. The summed E-state index contributed by atoms with van der Waals surface area (Å²) >= 11 is 1.51. The smallest absolute Gasteiger partial charge is 0.259 e. The summed E-state index contributed by atoms with van der Waals surface area (Å²) in [5, 5.41) is 3.85. The Morgan fingerprint density at radius 2 is 2.15 bits per heavy atom. The molecule has 27 heavy (non-hydrogen) atoms. The third-order valence-electron chi connectivity index (χ3n) is 5.13. The van der Waals surface area contributed by atoms with Gasteiger partial charge in [-0.25, -0.2) is 9.37 Å². The second-order valence-electron chi connectivity index (χ2n) is 7.10. The molecule has 7 heteroatoms. The van der Waals surface area contributed by atoms with Crippen LogP contribution in [0.15, 0.2) is 23.0 Å². The normalized spacial score (nSPS) is 15.6. The van der Waals surface area contributed by atoms with Crippen LogP contribution in [0.2, 0.25) is 0 Å². The van der Waals surface area contributed by atoms with Gasteiger partial charge in [0.1, 0.15) is 10.7 Å². The number of ether oxygens (including phenoxy) is 1. The highest BCUT2D eigenvalue weighted by molar-refractivity contribution is 7.18. The minimum absolute atomic E-state index is 0.135. The molecule has 5 nitrogen and oxygen atoms in total. The van der Waals surface area contributed by atoms with Crippen molar-refractivity contribution in [1.29, 1.82) is 0 Å². The number of aromatic nitrogens is 2. The average Bonchev–Trinajstić information content (AvgIpc) is 2.87. The highest BCUT2D eigenvalue weighted by Gasteiger charge is 2.21. The molecular weight excluding hydrogens is 365 g/mol. The van der Waals surface area contributed by atoms with Crippen molar-refractivity contribution >= 4 is 27.2 Å². The maximum atomic E-state index is 14.3. The lowest BCUT2D eigenvalue weighted by Crippen LogP contribution is -2.25. The van der Waals surface area contributed by atoms with Gasteiger partial charge in [0, 0.05) is 16.6 Å². The number of nitrogens with zero attached hydrogens (tertiary/aromatic N) is 1. The zero-order chi connectivity index (χ0) is 19.1. The Labute approximate surface area is 160 Å². The van der Waals surface area contributed by atoms with Gasteiger partial charge in [-0.05, 0) is 57.7 Å². The standard InChI is InChI=1S/C20H22FN3O2S/c1-10-12(3)27-20-17(10)19(25)23-18(24-20)11(2)22-13-7-8-16(15(21)9-13)26-14-5-4-6-14/h7-9,11,14,22H,4-6H2,1-3H3,(H,23,24,25)/t11-/m0/s1. The van der Waals surface area contributed by atoms with Crippen molar-refractivity contribution in [2.24, 2.45) is 0 Å². The monoisotopic (exact) mass is 387 g/mol. The van der Waals surface area contributed by atoms with E-state index in [1.165, 1.54) is 17.4 Å². The Kier molecular flexibility index (Phi) is 4.63. The number of anilines is 1. The number of rotatable bonds is 5. The number of halogens is 1. The van der Waals surface area contributed by atoms with Gasteiger partial charge in [0.05, 0.1) is 17.5 Å². The number of benzene rings is 1. The molecule has 0 saturated heterocycles. The summed E-state index contributed by atoms with van der Waals surface area (Å²) in [6.07, 6.45) is 3.25. The fourth-order valence-electron chi connectivity index (χ4n) is 3.15. The lowest BCUT2D eigenvalue weighted by atomic mass is 9.96. The number of nitrogens with one attached hydrogen (secondary N) is 2. The van der Waals surface area contributed by atoms with Crippen molar-refractivity contribution in [3.63, 3.8) is 0 Å². The van der Waals surface area contributed by atoms with E-state index in [9.17, 15) is 9.18 Å². The number of hydrogen-bond donors (Lipinski definition) is 2. The van der Waals surface area contributed by atoms with Gasteiger partial charge in [0.2, 0.25) is 0 Å². The molecule has 1 aliphatic carbocycles. The summed E-state index contributed by atoms with van der Waals surface area (Å²) < 4.78 is 19.9. The van der Waals surface area contributed by atoms with Gasteiger partial charge in [0.25, 0.3) is 5.56 Å². The molecule has 0 radical (unpaired) electrons. The number of thiophene rings is 1. The van der Waals surface area contributed by atoms with Crippen LogP contribution in [0.25, 0.3) is 10.2 Å². The zero-order valence-corrected chi connectivity index (χ0v) is 16.4. The lowest BCUT2D eigenvalue weighted by Gasteiger charge is -2.26. The van der Waals surface area contributed by atoms with Gasteiger partial charge < -0.3 is 15.0 Å². The third kappa shape index (κ3) is 3.43. The Bertz CT molecular complexity index is 1060. The summed E-state index contributed by atoms with van der Waals surface area (Å²) in [5.74, 6) is 0.430. The van der Waals surface area contributed by atoms with E-state index in [2.05, 4.69) is 15.3 Å². The van der Waals surface area contributed by atoms with Crippen molar-refractivity contribution in [1.82, 2.24) is 9.97 Å². The molecular formula is C20H22FN3O2S. The molecule has 1 fully saturated rings. The molecule has 1 aliphatic rings. The number of H-pyrrole nitrogens is 1. The van der Waals surface area contributed by atoms with Gasteiger partial charge in [-0.2, -0.15) is 0 Å². The molecule has 2 aromatic heterocycles. The largest absolute Gasteiger partial charge is 0.487 e. The summed E-state index contributed by atoms with van der Waals surface area (Å²) in [7, 11) is 0. The van der Waals surface area contributed by atoms with Gasteiger partial charge >= 0.3 is 0 Å². The van der Waals surface area contributed by atoms with Crippen LogP contribution >= 0.6 is 11.3 Å². The van der Waals surface area contributed by atoms with Crippen LogP contribution in [0, 0.1) is 19.7 Å². The van der Waals surface area contributed by atoms with Crippen molar-refractivity contribution in [2.75, 3.05) is 5.32 Å². The molecule has 1 atom stereocenters. The second kappa shape index (κ2) is 6.96. The fraction of sp³-hybridized carbons (Fsp3) is 0.400. The van der Waals surface area contributed by atoms with Gasteiger partial charge in [-0.1, -0.05) is 0 Å². The average molecular weight is 387 g/mol.